The Bertz CT molecular complexity index is 1500. The summed E-state index contributed by atoms with van der Waals surface area (Å²) in [5.74, 6) is 1.05. The molecule has 0 spiro atoms. The molecule has 0 aliphatic carbocycles. The van der Waals surface area contributed by atoms with E-state index in [0.717, 1.165) is 41.2 Å². The molecule has 0 fully saturated rings. The van der Waals surface area contributed by atoms with E-state index in [2.05, 4.69) is 45.6 Å². The van der Waals surface area contributed by atoms with Crippen molar-refractivity contribution in [1.82, 2.24) is 19.6 Å². The Hall–Kier alpha value is -4.17. The van der Waals surface area contributed by atoms with Crippen molar-refractivity contribution >= 4 is 35.3 Å². The van der Waals surface area contributed by atoms with Crippen molar-refractivity contribution in [1.29, 1.82) is 0 Å². The van der Waals surface area contributed by atoms with E-state index in [1.54, 1.807) is 26.0 Å². The van der Waals surface area contributed by atoms with Gasteiger partial charge in [0, 0.05) is 64.7 Å². The molecule has 8 heteroatoms. The summed E-state index contributed by atoms with van der Waals surface area (Å²) >= 11 is 0. The van der Waals surface area contributed by atoms with Crippen LogP contribution in [-0.2, 0) is 7.05 Å². The quantitative estimate of drug-likeness (QED) is 0.661. The Kier molecular flexibility index (Phi) is 8.12. The van der Waals surface area contributed by atoms with Crippen LogP contribution in [0.1, 0.15) is 41.0 Å². The highest BCUT2D eigenvalue weighted by atomic mass is 16.2. The van der Waals surface area contributed by atoms with Crippen molar-refractivity contribution in [3.63, 3.8) is 0 Å². The zero-order chi connectivity index (χ0) is 27.4. The van der Waals surface area contributed by atoms with E-state index in [-0.39, 0.29) is 11.9 Å². The first-order valence-corrected chi connectivity index (χ1v) is 12.8. The first kappa shape index (κ1) is 26.9. The molecule has 3 N–H and O–H groups in total. The number of nitrogens with two attached hydrogens (primary N) is 1. The Labute approximate surface area is 224 Å². The van der Waals surface area contributed by atoms with Crippen LogP contribution in [0.4, 0.5) is 0 Å². The van der Waals surface area contributed by atoms with E-state index in [1.165, 1.54) is 11.1 Å². The Balaban J connectivity index is 1.60. The van der Waals surface area contributed by atoms with Crippen LogP contribution in [-0.4, -0.2) is 71.4 Å². The fourth-order valence-electron chi connectivity index (χ4n) is 4.82. The molecule has 38 heavy (non-hydrogen) atoms. The van der Waals surface area contributed by atoms with Crippen LogP contribution in [0.3, 0.4) is 0 Å². The lowest BCUT2D eigenvalue weighted by Gasteiger charge is -2.32. The lowest BCUT2D eigenvalue weighted by atomic mass is 9.97. The van der Waals surface area contributed by atoms with Gasteiger partial charge in [-0.15, -0.1) is 0 Å². The fraction of sp³-hybridized carbons (Fsp3) is 0.300. The maximum Gasteiger partial charge on any atom is 0.253 e. The van der Waals surface area contributed by atoms with Gasteiger partial charge in [-0.1, -0.05) is 24.8 Å². The summed E-state index contributed by atoms with van der Waals surface area (Å²) in [6.45, 7) is 8.34. The molecule has 2 aliphatic rings. The largest absolute Gasteiger partial charge is 0.383 e. The van der Waals surface area contributed by atoms with Gasteiger partial charge in [0.05, 0.1) is 5.69 Å². The molecule has 8 nitrogen and oxygen atoms in total. The van der Waals surface area contributed by atoms with Gasteiger partial charge in [0.15, 0.2) is 0 Å². The van der Waals surface area contributed by atoms with Crippen molar-refractivity contribution in [2.45, 2.75) is 19.4 Å². The zero-order valence-corrected chi connectivity index (χ0v) is 22.9. The minimum absolute atomic E-state index is 0.0173. The number of benzene rings is 1. The molecular weight excluding hydrogens is 474 g/mol. The lowest BCUT2D eigenvalue weighted by molar-refractivity contribution is 0.0827. The second-order valence-electron chi connectivity index (χ2n) is 9.78. The number of aromatic amines is 1. The molecule has 1 unspecified atom stereocenters. The maximum absolute atomic E-state index is 12.2. The molecular formula is C30H37N7O. The van der Waals surface area contributed by atoms with Gasteiger partial charge in [-0.05, 0) is 71.3 Å². The van der Waals surface area contributed by atoms with Gasteiger partial charge in [-0.25, -0.2) is 4.99 Å². The first-order valence-electron chi connectivity index (χ1n) is 12.8. The van der Waals surface area contributed by atoms with Crippen molar-refractivity contribution in [3.05, 3.63) is 88.1 Å². The molecule has 0 radical (unpaired) electrons. The number of rotatable bonds is 4. The van der Waals surface area contributed by atoms with Crippen molar-refractivity contribution < 1.29 is 4.79 Å². The van der Waals surface area contributed by atoms with E-state index in [4.69, 9.17) is 5.73 Å². The molecule has 4 rings (SSSR count). The number of amides is 1. The number of aliphatic imine (C=N–C) groups is 2. The van der Waals surface area contributed by atoms with Crippen LogP contribution in [0, 0.1) is 0 Å². The summed E-state index contributed by atoms with van der Waals surface area (Å²) in [4.78, 5) is 24.7. The highest BCUT2D eigenvalue weighted by molar-refractivity contribution is 6.27. The second-order valence-corrected chi connectivity index (χ2v) is 9.78. The first-order chi connectivity index (χ1) is 18.2. The molecule has 1 amide bonds. The van der Waals surface area contributed by atoms with E-state index in [9.17, 15) is 4.79 Å². The highest BCUT2D eigenvalue weighted by Crippen LogP contribution is 2.27. The summed E-state index contributed by atoms with van der Waals surface area (Å²) < 4.78 is 2.03. The van der Waals surface area contributed by atoms with Crippen LogP contribution in [0.15, 0.2) is 70.8 Å². The van der Waals surface area contributed by atoms with Crippen molar-refractivity contribution in [3.8, 4) is 0 Å². The number of dihydropyridines is 1. The molecule has 1 atom stereocenters. The summed E-state index contributed by atoms with van der Waals surface area (Å²) in [5, 5.41) is 5.13. The summed E-state index contributed by atoms with van der Waals surface area (Å²) in [6, 6.07) is 12.2. The number of aromatic nitrogens is 2. The maximum atomic E-state index is 12.2. The number of amidine groups is 2. The minimum Gasteiger partial charge on any atom is -0.383 e. The minimum atomic E-state index is 0.0173. The fourth-order valence-corrected chi connectivity index (χ4v) is 4.82. The molecule has 1 aromatic carbocycles. The van der Waals surface area contributed by atoms with Gasteiger partial charge in [-0.3, -0.25) is 19.4 Å². The van der Waals surface area contributed by atoms with E-state index in [0.29, 0.717) is 17.2 Å². The predicted molar refractivity (Wildman–Crippen MR) is 157 cm³/mol. The Morgan fingerprint density at radius 2 is 1.95 bits per heavy atom. The third kappa shape index (κ3) is 5.70. The SMILES string of the molecule is C=c1cc(C(C)N2CC=C(c3ccc(C(=O)N(C)C)cc3)CC2)n(C)[nH]cc/c1=C1/C=CC(=NC)N=C1N. The van der Waals surface area contributed by atoms with Crippen LogP contribution >= 0.6 is 0 Å². The molecule has 0 bridgehead atoms. The highest BCUT2D eigenvalue weighted by Gasteiger charge is 2.21. The molecule has 0 saturated heterocycles. The predicted octanol–water partition coefficient (Wildman–Crippen LogP) is 2.55. The van der Waals surface area contributed by atoms with Crippen molar-refractivity contribution in [2.75, 3.05) is 34.2 Å². The number of carbonyl (C=O) groups excluding carboxylic acids is 1. The summed E-state index contributed by atoms with van der Waals surface area (Å²) in [5.41, 5.74) is 11.4. The van der Waals surface area contributed by atoms with Gasteiger partial charge < -0.3 is 15.7 Å². The van der Waals surface area contributed by atoms with Gasteiger partial charge in [0.25, 0.3) is 5.91 Å². The summed E-state index contributed by atoms with van der Waals surface area (Å²) in [7, 11) is 7.25. The van der Waals surface area contributed by atoms with E-state index in [1.807, 2.05) is 60.4 Å². The van der Waals surface area contributed by atoms with Crippen LogP contribution < -0.4 is 16.2 Å². The monoisotopic (exact) mass is 511 g/mol. The Morgan fingerprint density at radius 3 is 2.55 bits per heavy atom. The number of hydrogen-bond donors (Lipinski definition) is 2. The van der Waals surface area contributed by atoms with Crippen LogP contribution in [0.2, 0.25) is 0 Å². The zero-order valence-electron chi connectivity index (χ0n) is 22.9. The molecule has 0 saturated carbocycles. The van der Waals surface area contributed by atoms with E-state index >= 15 is 0 Å². The number of carbonyl (C=O) groups is 1. The number of nitrogens with zero attached hydrogens (tertiary/aromatic N) is 5. The second kappa shape index (κ2) is 11.5. The standard InChI is InChI=1S/C30H37N7O/c1-20-19-27(36(6)33-16-13-25(20)26-11-12-28(32-3)34-29(26)31)21(2)37-17-14-23(15-18-37)22-7-9-24(10-8-22)30(38)35(4)5/h7-14,16,19,21,33H,1,15,17-18H2,2-6H3,(H2,31,32,34)/b16-13?,26-25+,27-19?. The molecule has 198 valence electrons. The van der Waals surface area contributed by atoms with E-state index < -0.39 is 0 Å². The number of aryl methyl sites for hydroxylation is 1. The molecule has 1 aromatic heterocycles. The molecule has 2 aliphatic heterocycles. The Morgan fingerprint density at radius 1 is 1.21 bits per heavy atom. The normalized spacial score (nSPS) is 19.0. The average molecular weight is 512 g/mol. The van der Waals surface area contributed by atoms with Gasteiger partial charge in [0.1, 0.15) is 11.7 Å². The molecule has 2 aromatic rings. The number of H-pyrrole nitrogens is 1. The van der Waals surface area contributed by atoms with Gasteiger partial charge >= 0.3 is 0 Å². The third-order valence-electron chi connectivity index (χ3n) is 7.13. The number of nitrogens with one attached hydrogen (secondary N) is 1. The van der Waals surface area contributed by atoms with Crippen LogP contribution in [0.25, 0.3) is 17.7 Å². The third-order valence-corrected chi connectivity index (χ3v) is 7.13. The lowest BCUT2D eigenvalue weighted by Crippen LogP contribution is -2.35. The number of hydrogen-bond acceptors (Lipinski definition) is 4. The topological polar surface area (TPSA) is 95.0 Å². The summed E-state index contributed by atoms with van der Waals surface area (Å²) in [6.07, 6.45) is 8.93. The average Bonchev–Trinajstić information content (AvgIpc) is 2.92. The van der Waals surface area contributed by atoms with Crippen molar-refractivity contribution in [2.24, 2.45) is 22.8 Å². The van der Waals surface area contributed by atoms with Gasteiger partial charge in [0.2, 0.25) is 0 Å². The van der Waals surface area contributed by atoms with Crippen LogP contribution in [0.5, 0.6) is 0 Å². The molecule has 3 heterocycles. The smallest absolute Gasteiger partial charge is 0.253 e. The van der Waals surface area contributed by atoms with Gasteiger partial charge in [-0.2, -0.15) is 0 Å².